The van der Waals surface area contributed by atoms with Crippen LogP contribution in [0.15, 0.2) is 42.5 Å². The Morgan fingerprint density at radius 1 is 1.17 bits per heavy atom. The van der Waals surface area contributed by atoms with Gasteiger partial charge in [0.15, 0.2) is 6.61 Å². The van der Waals surface area contributed by atoms with Crippen LogP contribution >= 0.6 is 0 Å². The van der Waals surface area contributed by atoms with Gasteiger partial charge in [-0.15, -0.1) is 0 Å². The molecule has 2 rings (SSSR count). The van der Waals surface area contributed by atoms with Crippen molar-refractivity contribution in [2.24, 2.45) is 0 Å². The Bertz CT molecular complexity index is 705. The molecule has 1 amide bonds. The quantitative estimate of drug-likeness (QED) is 0.905. The van der Waals surface area contributed by atoms with Gasteiger partial charge < -0.3 is 10.1 Å². The standard InChI is InChI=1S/C19H22FNO2/c1-13-8-9-17(16(10-13)19(2,3)4)23-12-18(22)21-15-7-5-6-14(20)11-15/h5-11H,12H2,1-4H3,(H,21,22). The minimum atomic E-state index is -0.391. The van der Waals surface area contributed by atoms with Gasteiger partial charge >= 0.3 is 0 Å². The summed E-state index contributed by atoms with van der Waals surface area (Å²) < 4.78 is 18.8. The number of halogens is 1. The minimum absolute atomic E-state index is 0.0829. The number of aryl methyl sites for hydroxylation is 1. The van der Waals surface area contributed by atoms with E-state index in [0.29, 0.717) is 11.4 Å². The third-order valence-corrected chi connectivity index (χ3v) is 3.41. The summed E-state index contributed by atoms with van der Waals surface area (Å²) in [5, 5.41) is 2.62. The second-order valence-electron chi connectivity index (χ2n) is 6.60. The number of hydrogen-bond donors (Lipinski definition) is 1. The van der Waals surface area contributed by atoms with Crippen LogP contribution in [0.5, 0.6) is 5.75 Å². The van der Waals surface area contributed by atoms with E-state index in [0.717, 1.165) is 11.1 Å². The Morgan fingerprint density at radius 2 is 1.91 bits per heavy atom. The minimum Gasteiger partial charge on any atom is -0.483 e. The molecule has 23 heavy (non-hydrogen) atoms. The second kappa shape index (κ2) is 6.82. The first-order valence-electron chi connectivity index (χ1n) is 7.55. The summed E-state index contributed by atoms with van der Waals surface area (Å²) in [5.41, 5.74) is 2.53. The lowest BCUT2D eigenvalue weighted by Gasteiger charge is -2.23. The molecule has 0 aromatic heterocycles. The molecule has 4 heteroatoms. The molecule has 0 fully saturated rings. The van der Waals surface area contributed by atoms with E-state index < -0.39 is 5.82 Å². The van der Waals surface area contributed by atoms with Gasteiger partial charge in [0.2, 0.25) is 0 Å². The first kappa shape index (κ1) is 17.0. The molecule has 0 aliphatic carbocycles. The fourth-order valence-electron chi connectivity index (χ4n) is 2.26. The van der Waals surface area contributed by atoms with Crippen LogP contribution in [0.4, 0.5) is 10.1 Å². The fraction of sp³-hybridized carbons (Fsp3) is 0.316. The second-order valence-corrected chi connectivity index (χ2v) is 6.60. The zero-order valence-electron chi connectivity index (χ0n) is 13.9. The molecule has 0 radical (unpaired) electrons. The van der Waals surface area contributed by atoms with Crippen LogP contribution in [0.3, 0.4) is 0 Å². The molecule has 2 aromatic rings. The van der Waals surface area contributed by atoms with Crippen molar-refractivity contribution in [2.45, 2.75) is 33.1 Å². The van der Waals surface area contributed by atoms with Crippen molar-refractivity contribution in [3.63, 3.8) is 0 Å². The van der Waals surface area contributed by atoms with Gasteiger partial charge in [0, 0.05) is 5.69 Å². The van der Waals surface area contributed by atoms with E-state index >= 15 is 0 Å². The fourth-order valence-corrected chi connectivity index (χ4v) is 2.26. The molecule has 0 aliphatic heterocycles. The van der Waals surface area contributed by atoms with Gasteiger partial charge in [-0.1, -0.05) is 44.5 Å². The maximum Gasteiger partial charge on any atom is 0.262 e. The van der Waals surface area contributed by atoms with E-state index in [4.69, 9.17) is 4.74 Å². The normalized spacial score (nSPS) is 11.2. The Balaban J connectivity index is 2.05. The summed E-state index contributed by atoms with van der Waals surface area (Å²) in [7, 11) is 0. The Labute approximate surface area is 136 Å². The van der Waals surface area contributed by atoms with Gasteiger partial charge in [-0.2, -0.15) is 0 Å². The molecule has 0 aliphatic rings. The zero-order chi connectivity index (χ0) is 17.0. The van der Waals surface area contributed by atoms with Crippen molar-refractivity contribution in [1.29, 1.82) is 0 Å². The van der Waals surface area contributed by atoms with Crippen molar-refractivity contribution < 1.29 is 13.9 Å². The maximum atomic E-state index is 13.1. The average Bonchev–Trinajstić information content (AvgIpc) is 2.45. The lowest BCUT2D eigenvalue weighted by atomic mass is 9.85. The van der Waals surface area contributed by atoms with Crippen LogP contribution < -0.4 is 10.1 Å². The Morgan fingerprint density at radius 3 is 2.57 bits per heavy atom. The molecule has 0 atom stereocenters. The number of rotatable bonds is 4. The van der Waals surface area contributed by atoms with Crippen molar-refractivity contribution in [3.8, 4) is 5.75 Å². The summed E-state index contributed by atoms with van der Waals surface area (Å²) >= 11 is 0. The van der Waals surface area contributed by atoms with E-state index in [1.165, 1.54) is 12.1 Å². The Hall–Kier alpha value is -2.36. The molecule has 1 N–H and O–H groups in total. The molecule has 0 saturated carbocycles. The van der Waals surface area contributed by atoms with Crippen molar-refractivity contribution in [2.75, 3.05) is 11.9 Å². The number of carbonyl (C=O) groups excluding carboxylic acids is 1. The Kier molecular flexibility index (Phi) is 5.04. The number of anilines is 1. The lowest BCUT2D eigenvalue weighted by Crippen LogP contribution is -2.22. The predicted octanol–water partition coefficient (Wildman–Crippen LogP) is 4.45. The molecule has 0 unspecified atom stereocenters. The highest BCUT2D eigenvalue weighted by atomic mass is 19.1. The van der Waals surface area contributed by atoms with Crippen molar-refractivity contribution in [3.05, 3.63) is 59.4 Å². The van der Waals surface area contributed by atoms with E-state index in [2.05, 4.69) is 32.2 Å². The zero-order valence-corrected chi connectivity index (χ0v) is 13.9. The van der Waals surface area contributed by atoms with Crippen LogP contribution in [-0.2, 0) is 10.2 Å². The number of hydrogen-bond acceptors (Lipinski definition) is 2. The van der Waals surface area contributed by atoms with Gasteiger partial charge in [0.25, 0.3) is 5.91 Å². The highest BCUT2D eigenvalue weighted by Gasteiger charge is 2.19. The molecule has 0 bridgehead atoms. The smallest absolute Gasteiger partial charge is 0.262 e. The third-order valence-electron chi connectivity index (χ3n) is 3.41. The number of nitrogens with one attached hydrogen (secondary N) is 1. The summed E-state index contributed by atoms with van der Waals surface area (Å²) in [6, 6.07) is 11.7. The summed E-state index contributed by atoms with van der Waals surface area (Å²) in [6.45, 7) is 8.20. The largest absolute Gasteiger partial charge is 0.483 e. The van der Waals surface area contributed by atoms with Gasteiger partial charge in [-0.25, -0.2) is 4.39 Å². The van der Waals surface area contributed by atoms with Crippen molar-refractivity contribution >= 4 is 11.6 Å². The van der Waals surface area contributed by atoms with Crippen LogP contribution in [0.2, 0.25) is 0 Å². The first-order valence-corrected chi connectivity index (χ1v) is 7.55. The van der Waals surface area contributed by atoms with Gasteiger partial charge in [-0.3, -0.25) is 4.79 Å². The van der Waals surface area contributed by atoms with Crippen LogP contribution in [0, 0.1) is 12.7 Å². The molecule has 2 aromatic carbocycles. The molecule has 0 saturated heterocycles. The summed E-state index contributed by atoms with van der Waals surface area (Å²) in [5.74, 6) is -0.0224. The highest BCUT2D eigenvalue weighted by Crippen LogP contribution is 2.32. The molecule has 0 spiro atoms. The predicted molar refractivity (Wildman–Crippen MR) is 90.4 cm³/mol. The SMILES string of the molecule is Cc1ccc(OCC(=O)Nc2cccc(F)c2)c(C(C)(C)C)c1. The summed E-state index contributed by atoms with van der Waals surface area (Å²) in [6.07, 6.45) is 0. The monoisotopic (exact) mass is 315 g/mol. The van der Waals surface area contributed by atoms with Crippen molar-refractivity contribution in [1.82, 2.24) is 0 Å². The number of ether oxygens (including phenoxy) is 1. The number of benzene rings is 2. The van der Waals surface area contributed by atoms with Crippen LogP contribution in [0.25, 0.3) is 0 Å². The number of carbonyl (C=O) groups is 1. The van der Waals surface area contributed by atoms with E-state index in [1.807, 2.05) is 19.1 Å². The van der Waals surface area contributed by atoms with E-state index in [1.54, 1.807) is 12.1 Å². The first-order chi connectivity index (χ1) is 10.8. The highest BCUT2D eigenvalue weighted by molar-refractivity contribution is 5.91. The third kappa shape index (κ3) is 4.81. The average molecular weight is 315 g/mol. The van der Waals surface area contributed by atoms with E-state index in [9.17, 15) is 9.18 Å². The number of amides is 1. The molecular weight excluding hydrogens is 293 g/mol. The van der Waals surface area contributed by atoms with Crippen LogP contribution in [0.1, 0.15) is 31.9 Å². The van der Waals surface area contributed by atoms with E-state index in [-0.39, 0.29) is 17.9 Å². The summed E-state index contributed by atoms with van der Waals surface area (Å²) in [4.78, 5) is 12.0. The molecular formula is C19H22FNO2. The molecule has 3 nitrogen and oxygen atoms in total. The van der Waals surface area contributed by atoms with Gasteiger partial charge in [0.05, 0.1) is 0 Å². The topological polar surface area (TPSA) is 38.3 Å². The van der Waals surface area contributed by atoms with Crippen LogP contribution in [-0.4, -0.2) is 12.5 Å². The van der Waals surface area contributed by atoms with Gasteiger partial charge in [0.1, 0.15) is 11.6 Å². The lowest BCUT2D eigenvalue weighted by molar-refractivity contribution is -0.118. The molecule has 122 valence electrons. The maximum absolute atomic E-state index is 13.1. The van der Waals surface area contributed by atoms with Gasteiger partial charge in [-0.05, 0) is 42.2 Å². The molecule has 0 heterocycles.